The molecule has 0 spiro atoms. The molecule has 0 aromatic heterocycles. The van der Waals surface area contributed by atoms with Crippen LogP contribution >= 0.6 is 0 Å². The molecular weight excluding hydrogens is 398 g/mol. The Hall–Kier alpha value is -2.48. The Kier molecular flexibility index (Phi) is 7.79. The van der Waals surface area contributed by atoms with Gasteiger partial charge in [-0.1, -0.05) is 60.7 Å². The van der Waals surface area contributed by atoms with Gasteiger partial charge in [0.2, 0.25) is 15.9 Å². The second-order valence-electron chi connectivity index (χ2n) is 7.45. The monoisotopic (exact) mass is 427 g/mol. The van der Waals surface area contributed by atoms with Crippen molar-refractivity contribution in [3.8, 4) is 0 Å². The van der Waals surface area contributed by atoms with Gasteiger partial charge in [-0.05, 0) is 24.1 Å². The third kappa shape index (κ3) is 6.52. The number of hydrogen-bond acceptors (Lipinski definition) is 4. The molecule has 1 unspecified atom stereocenters. The summed E-state index contributed by atoms with van der Waals surface area (Å²) in [6, 6.07) is 19.2. The van der Waals surface area contributed by atoms with E-state index < -0.39 is 10.0 Å². The first kappa shape index (κ1) is 22.2. The summed E-state index contributed by atoms with van der Waals surface area (Å²) in [7, 11) is -3.44. The van der Waals surface area contributed by atoms with Crippen molar-refractivity contribution in [3.63, 3.8) is 0 Å². The Bertz CT molecular complexity index is 938. The van der Waals surface area contributed by atoms with Gasteiger partial charge in [0.05, 0.1) is 6.04 Å². The number of nitrogens with zero attached hydrogens (tertiary/aromatic N) is 2. The van der Waals surface area contributed by atoms with E-state index in [1.54, 1.807) is 6.08 Å². The van der Waals surface area contributed by atoms with Gasteiger partial charge in [-0.3, -0.25) is 4.79 Å². The lowest BCUT2D eigenvalue weighted by Gasteiger charge is -2.33. The molecule has 30 heavy (non-hydrogen) atoms. The van der Waals surface area contributed by atoms with Gasteiger partial charge in [-0.15, -0.1) is 0 Å². The molecule has 1 saturated heterocycles. The lowest BCUT2D eigenvalue weighted by Crippen LogP contribution is -2.48. The van der Waals surface area contributed by atoms with E-state index in [2.05, 4.69) is 10.2 Å². The molecule has 1 heterocycles. The van der Waals surface area contributed by atoms with E-state index in [0.29, 0.717) is 39.1 Å². The van der Waals surface area contributed by atoms with Gasteiger partial charge in [0, 0.05) is 44.6 Å². The lowest BCUT2D eigenvalue weighted by atomic mass is 10.1. The van der Waals surface area contributed by atoms with Crippen molar-refractivity contribution in [2.24, 2.45) is 0 Å². The normalized spacial score (nSPS) is 17.1. The van der Waals surface area contributed by atoms with E-state index >= 15 is 0 Å². The molecule has 3 rings (SSSR count). The predicted molar refractivity (Wildman–Crippen MR) is 120 cm³/mol. The number of piperazine rings is 1. The molecule has 0 aliphatic carbocycles. The number of sulfonamides is 1. The van der Waals surface area contributed by atoms with Crippen LogP contribution in [-0.2, 0) is 14.8 Å². The zero-order valence-corrected chi connectivity index (χ0v) is 18.1. The van der Waals surface area contributed by atoms with Gasteiger partial charge >= 0.3 is 0 Å². The smallest absolute Gasteiger partial charge is 0.236 e. The van der Waals surface area contributed by atoms with Crippen LogP contribution in [0, 0.1) is 0 Å². The minimum Gasteiger partial charge on any atom is -0.350 e. The number of hydrogen-bond donors (Lipinski definition) is 1. The van der Waals surface area contributed by atoms with Crippen LogP contribution in [0.4, 0.5) is 0 Å². The Labute approximate surface area is 179 Å². The zero-order valence-electron chi connectivity index (χ0n) is 17.3. The van der Waals surface area contributed by atoms with Crippen LogP contribution in [-0.4, -0.2) is 56.3 Å². The number of amides is 1. The first-order valence-electron chi connectivity index (χ1n) is 10.2. The van der Waals surface area contributed by atoms with Crippen molar-refractivity contribution < 1.29 is 13.2 Å². The summed E-state index contributed by atoms with van der Waals surface area (Å²) in [5.41, 5.74) is 1.93. The van der Waals surface area contributed by atoms with Gasteiger partial charge in [-0.2, -0.15) is 4.31 Å². The fourth-order valence-electron chi connectivity index (χ4n) is 3.42. The third-order valence-electron chi connectivity index (χ3n) is 5.26. The van der Waals surface area contributed by atoms with Crippen LogP contribution in [0.2, 0.25) is 0 Å². The highest BCUT2D eigenvalue weighted by molar-refractivity contribution is 7.92. The van der Waals surface area contributed by atoms with Crippen molar-refractivity contribution in [2.75, 3.05) is 32.7 Å². The Morgan fingerprint density at radius 2 is 1.60 bits per heavy atom. The molecule has 1 N–H and O–H groups in total. The standard InChI is InChI=1S/C23H29N3O3S/c1-20(22-10-6-3-7-11-22)24-23(27)12-14-25-15-17-26(18-16-25)30(28,29)19-13-21-8-4-2-5-9-21/h2-11,13,19-20H,12,14-18H2,1H3,(H,24,27)/b19-13+. The summed E-state index contributed by atoms with van der Waals surface area (Å²) in [5, 5.41) is 4.29. The van der Waals surface area contributed by atoms with Crippen molar-refractivity contribution in [2.45, 2.75) is 19.4 Å². The minimum atomic E-state index is -3.44. The number of rotatable bonds is 8. The molecule has 1 amide bonds. The van der Waals surface area contributed by atoms with E-state index in [-0.39, 0.29) is 11.9 Å². The van der Waals surface area contributed by atoms with Crippen LogP contribution in [0.25, 0.3) is 6.08 Å². The molecule has 0 bridgehead atoms. The Balaban J connectivity index is 1.42. The fourth-order valence-corrected chi connectivity index (χ4v) is 4.59. The second-order valence-corrected chi connectivity index (χ2v) is 9.27. The lowest BCUT2D eigenvalue weighted by molar-refractivity contribution is -0.122. The first-order valence-corrected chi connectivity index (χ1v) is 11.7. The second kappa shape index (κ2) is 10.5. The van der Waals surface area contributed by atoms with Gasteiger partial charge in [0.15, 0.2) is 0 Å². The zero-order chi connectivity index (χ0) is 21.4. The SMILES string of the molecule is CC(NC(=O)CCN1CCN(S(=O)(=O)/C=C/c2ccccc2)CC1)c1ccccc1. The first-order chi connectivity index (χ1) is 14.4. The molecule has 1 aliphatic rings. The molecule has 2 aromatic carbocycles. The summed E-state index contributed by atoms with van der Waals surface area (Å²) in [6.45, 7) is 4.72. The molecule has 1 aliphatic heterocycles. The molecule has 0 saturated carbocycles. The maximum atomic E-state index is 12.5. The van der Waals surface area contributed by atoms with Crippen molar-refractivity contribution in [1.29, 1.82) is 0 Å². The maximum absolute atomic E-state index is 12.5. The van der Waals surface area contributed by atoms with Crippen molar-refractivity contribution in [1.82, 2.24) is 14.5 Å². The van der Waals surface area contributed by atoms with E-state index in [0.717, 1.165) is 11.1 Å². The van der Waals surface area contributed by atoms with Crippen LogP contribution in [0.5, 0.6) is 0 Å². The summed E-state index contributed by atoms with van der Waals surface area (Å²) in [4.78, 5) is 14.4. The third-order valence-corrected chi connectivity index (χ3v) is 6.82. The minimum absolute atomic E-state index is 0.00667. The molecule has 2 aromatic rings. The molecule has 7 heteroatoms. The molecule has 1 fully saturated rings. The van der Waals surface area contributed by atoms with Crippen LogP contribution in [0.3, 0.4) is 0 Å². The topological polar surface area (TPSA) is 69.7 Å². The van der Waals surface area contributed by atoms with Gasteiger partial charge < -0.3 is 10.2 Å². The highest BCUT2D eigenvalue weighted by Crippen LogP contribution is 2.13. The van der Waals surface area contributed by atoms with Crippen molar-refractivity contribution >= 4 is 22.0 Å². The summed E-state index contributed by atoms with van der Waals surface area (Å²) in [5.74, 6) is 0.00667. The summed E-state index contributed by atoms with van der Waals surface area (Å²) < 4.78 is 26.6. The van der Waals surface area contributed by atoms with E-state index in [1.807, 2.05) is 67.6 Å². The number of nitrogens with one attached hydrogen (secondary N) is 1. The summed E-state index contributed by atoms with van der Waals surface area (Å²) in [6.07, 6.45) is 2.03. The molecular formula is C23H29N3O3S. The maximum Gasteiger partial charge on any atom is 0.236 e. The molecule has 1 atom stereocenters. The number of carbonyl (C=O) groups excluding carboxylic acids is 1. The van der Waals surface area contributed by atoms with Crippen LogP contribution < -0.4 is 5.32 Å². The Morgan fingerprint density at radius 3 is 2.23 bits per heavy atom. The largest absolute Gasteiger partial charge is 0.350 e. The quantitative estimate of drug-likeness (QED) is 0.703. The Morgan fingerprint density at radius 1 is 1.00 bits per heavy atom. The average Bonchev–Trinajstić information content (AvgIpc) is 2.78. The highest BCUT2D eigenvalue weighted by Gasteiger charge is 2.25. The average molecular weight is 428 g/mol. The van der Waals surface area contributed by atoms with Crippen molar-refractivity contribution in [3.05, 3.63) is 77.2 Å². The number of benzene rings is 2. The van der Waals surface area contributed by atoms with E-state index in [4.69, 9.17) is 0 Å². The number of carbonyl (C=O) groups is 1. The summed E-state index contributed by atoms with van der Waals surface area (Å²) >= 11 is 0. The molecule has 6 nitrogen and oxygen atoms in total. The van der Waals surface area contributed by atoms with Gasteiger partial charge in [0.25, 0.3) is 0 Å². The highest BCUT2D eigenvalue weighted by atomic mass is 32.2. The predicted octanol–water partition coefficient (Wildman–Crippen LogP) is 2.87. The van der Waals surface area contributed by atoms with Crippen LogP contribution in [0.15, 0.2) is 66.1 Å². The molecule has 160 valence electrons. The van der Waals surface area contributed by atoms with E-state index in [1.165, 1.54) is 9.71 Å². The van der Waals surface area contributed by atoms with Gasteiger partial charge in [0.1, 0.15) is 0 Å². The van der Waals surface area contributed by atoms with Crippen LogP contribution in [0.1, 0.15) is 30.5 Å². The van der Waals surface area contributed by atoms with E-state index in [9.17, 15) is 13.2 Å². The van der Waals surface area contributed by atoms with Gasteiger partial charge in [-0.25, -0.2) is 8.42 Å². The fraction of sp³-hybridized carbons (Fsp3) is 0.348. The molecule has 0 radical (unpaired) electrons.